The number of benzene rings is 1. The van der Waals surface area contributed by atoms with Crippen molar-refractivity contribution >= 4 is 27.3 Å². The molecule has 0 fully saturated rings. The first kappa shape index (κ1) is 16.7. The Labute approximate surface area is 134 Å². The fourth-order valence-corrected chi connectivity index (χ4v) is 3.42. The average Bonchev–Trinajstić information content (AvgIpc) is 2.95. The van der Waals surface area contributed by atoms with Crippen LogP contribution in [0.15, 0.2) is 41.3 Å². The molecule has 0 spiro atoms. The molecule has 5 nitrogen and oxygen atoms in total. The van der Waals surface area contributed by atoms with Gasteiger partial charge in [0.25, 0.3) is 5.91 Å². The van der Waals surface area contributed by atoms with Gasteiger partial charge in [0.1, 0.15) is 0 Å². The number of nitrogens with one attached hydrogen (secondary N) is 1. The molecule has 2 aromatic rings. The van der Waals surface area contributed by atoms with E-state index in [1.807, 2.05) is 13.0 Å². The molecule has 1 amide bonds. The van der Waals surface area contributed by atoms with E-state index in [2.05, 4.69) is 5.32 Å². The molecule has 0 aliphatic carbocycles. The van der Waals surface area contributed by atoms with Gasteiger partial charge < -0.3 is 5.32 Å². The van der Waals surface area contributed by atoms with Gasteiger partial charge >= 0.3 is 0 Å². The number of sulfonamides is 1. The number of nitrogens with two attached hydrogens (primary N) is 1. The van der Waals surface area contributed by atoms with Gasteiger partial charge in [-0.05, 0) is 43.2 Å². The molecule has 0 aliphatic heterocycles. The van der Waals surface area contributed by atoms with Crippen molar-refractivity contribution in [3.05, 3.63) is 51.7 Å². The third kappa shape index (κ3) is 3.94. The molecule has 22 heavy (non-hydrogen) atoms. The van der Waals surface area contributed by atoms with Gasteiger partial charge in [0.2, 0.25) is 10.0 Å². The van der Waals surface area contributed by atoms with Crippen molar-refractivity contribution in [2.75, 3.05) is 0 Å². The number of rotatable bonds is 5. The standard InChI is InChI=1S/C15H18N2O3S2/c1-3-12-7-8-14(21-12)15(18)17-10(2)11-5-4-6-13(9-11)22(16,19)20/h4-10H,3H2,1-2H3,(H,17,18)(H2,16,19,20)/t10-/m0/s1. The van der Waals surface area contributed by atoms with Crippen molar-refractivity contribution in [1.82, 2.24) is 5.32 Å². The maximum absolute atomic E-state index is 12.2. The molecule has 1 aromatic carbocycles. The molecule has 0 bridgehead atoms. The van der Waals surface area contributed by atoms with Crippen LogP contribution in [0, 0.1) is 0 Å². The van der Waals surface area contributed by atoms with Crippen molar-refractivity contribution < 1.29 is 13.2 Å². The molecule has 3 N–H and O–H groups in total. The van der Waals surface area contributed by atoms with Crippen LogP contribution in [-0.2, 0) is 16.4 Å². The quantitative estimate of drug-likeness (QED) is 0.877. The Balaban J connectivity index is 2.15. The molecule has 2 rings (SSSR count). The Bertz CT molecular complexity index is 782. The van der Waals surface area contributed by atoms with E-state index in [9.17, 15) is 13.2 Å². The molecule has 0 aliphatic rings. The van der Waals surface area contributed by atoms with E-state index in [1.165, 1.54) is 23.5 Å². The van der Waals surface area contributed by atoms with E-state index in [0.29, 0.717) is 10.4 Å². The van der Waals surface area contributed by atoms with Crippen LogP contribution in [0.3, 0.4) is 0 Å². The number of hydrogen-bond donors (Lipinski definition) is 2. The third-order valence-electron chi connectivity index (χ3n) is 3.27. The van der Waals surface area contributed by atoms with Gasteiger partial charge in [-0.25, -0.2) is 13.6 Å². The molecule has 0 saturated carbocycles. The van der Waals surface area contributed by atoms with Crippen molar-refractivity contribution in [3.8, 4) is 0 Å². The summed E-state index contributed by atoms with van der Waals surface area (Å²) in [5.41, 5.74) is 0.687. The molecule has 1 heterocycles. The highest BCUT2D eigenvalue weighted by Gasteiger charge is 2.15. The number of amides is 1. The van der Waals surface area contributed by atoms with Crippen LogP contribution in [0.25, 0.3) is 0 Å². The molecule has 7 heteroatoms. The summed E-state index contributed by atoms with van der Waals surface area (Å²) in [6.07, 6.45) is 0.893. The highest BCUT2D eigenvalue weighted by molar-refractivity contribution is 7.89. The lowest BCUT2D eigenvalue weighted by molar-refractivity contribution is 0.0944. The van der Waals surface area contributed by atoms with Crippen LogP contribution in [0.5, 0.6) is 0 Å². The van der Waals surface area contributed by atoms with Crippen molar-refractivity contribution in [2.24, 2.45) is 5.14 Å². The smallest absolute Gasteiger partial charge is 0.261 e. The Morgan fingerprint density at radius 2 is 2.05 bits per heavy atom. The SMILES string of the molecule is CCc1ccc(C(=O)N[C@@H](C)c2cccc(S(N)(=O)=O)c2)s1. The van der Waals surface area contributed by atoms with Gasteiger partial charge in [-0.15, -0.1) is 11.3 Å². The third-order valence-corrected chi connectivity index (χ3v) is 5.41. The minimum Gasteiger partial charge on any atom is -0.345 e. The molecule has 1 aromatic heterocycles. The van der Waals surface area contributed by atoms with Gasteiger partial charge in [-0.1, -0.05) is 19.1 Å². The van der Waals surface area contributed by atoms with Crippen LogP contribution in [0.4, 0.5) is 0 Å². The summed E-state index contributed by atoms with van der Waals surface area (Å²) in [5.74, 6) is -0.168. The normalized spacial score (nSPS) is 12.9. The Morgan fingerprint density at radius 1 is 1.32 bits per heavy atom. The zero-order chi connectivity index (χ0) is 16.3. The number of aryl methyl sites for hydroxylation is 1. The summed E-state index contributed by atoms with van der Waals surface area (Å²) in [6, 6.07) is 9.69. The average molecular weight is 338 g/mol. The number of thiophene rings is 1. The fraction of sp³-hybridized carbons (Fsp3) is 0.267. The number of carbonyl (C=O) groups excluding carboxylic acids is 1. The van der Waals surface area contributed by atoms with Gasteiger partial charge in [-0.3, -0.25) is 4.79 Å². The van der Waals surface area contributed by atoms with Crippen LogP contribution in [-0.4, -0.2) is 14.3 Å². The molecule has 0 unspecified atom stereocenters. The lowest BCUT2D eigenvalue weighted by Crippen LogP contribution is -2.26. The number of carbonyl (C=O) groups is 1. The summed E-state index contributed by atoms with van der Waals surface area (Å²) >= 11 is 1.46. The van der Waals surface area contributed by atoms with E-state index in [-0.39, 0.29) is 16.8 Å². The summed E-state index contributed by atoms with van der Waals surface area (Å²) in [6.45, 7) is 3.84. The van der Waals surface area contributed by atoms with Gasteiger partial charge in [0, 0.05) is 4.88 Å². The minimum atomic E-state index is -3.75. The van der Waals surface area contributed by atoms with Crippen molar-refractivity contribution in [3.63, 3.8) is 0 Å². The lowest BCUT2D eigenvalue weighted by atomic mass is 10.1. The van der Waals surface area contributed by atoms with Gasteiger partial charge in [0.05, 0.1) is 15.8 Å². The first-order valence-electron chi connectivity index (χ1n) is 6.83. The predicted molar refractivity (Wildman–Crippen MR) is 87.4 cm³/mol. The van der Waals surface area contributed by atoms with Crippen LogP contribution in [0.2, 0.25) is 0 Å². The Morgan fingerprint density at radius 3 is 2.64 bits per heavy atom. The zero-order valence-corrected chi connectivity index (χ0v) is 14.0. The molecule has 118 valence electrons. The largest absolute Gasteiger partial charge is 0.345 e. The van der Waals surface area contributed by atoms with Gasteiger partial charge in [0.15, 0.2) is 0 Å². The van der Waals surface area contributed by atoms with E-state index in [4.69, 9.17) is 5.14 Å². The predicted octanol–water partition coefficient (Wildman–Crippen LogP) is 2.45. The second kappa shape index (κ2) is 6.60. The summed E-state index contributed by atoms with van der Waals surface area (Å²) in [7, 11) is -3.75. The van der Waals surface area contributed by atoms with Crippen molar-refractivity contribution in [2.45, 2.75) is 31.2 Å². The van der Waals surface area contributed by atoms with Crippen molar-refractivity contribution in [1.29, 1.82) is 0 Å². The van der Waals surface area contributed by atoms with Crippen LogP contribution < -0.4 is 10.5 Å². The summed E-state index contributed by atoms with van der Waals surface area (Å²) in [5, 5.41) is 7.99. The summed E-state index contributed by atoms with van der Waals surface area (Å²) < 4.78 is 22.8. The lowest BCUT2D eigenvalue weighted by Gasteiger charge is -2.14. The second-order valence-corrected chi connectivity index (χ2v) is 7.66. The van der Waals surface area contributed by atoms with Crippen LogP contribution >= 0.6 is 11.3 Å². The highest BCUT2D eigenvalue weighted by atomic mass is 32.2. The maximum Gasteiger partial charge on any atom is 0.261 e. The molecule has 0 radical (unpaired) electrons. The first-order valence-corrected chi connectivity index (χ1v) is 9.20. The minimum absolute atomic E-state index is 0.0375. The number of primary sulfonamides is 1. The molecule has 0 saturated heterocycles. The second-order valence-electron chi connectivity index (χ2n) is 4.93. The van der Waals surface area contributed by atoms with E-state index < -0.39 is 10.0 Å². The summed E-state index contributed by atoms with van der Waals surface area (Å²) in [4.78, 5) is 14.0. The van der Waals surface area contributed by atoms with E-state index in [1.54, 1.807) is 25.1 Å². The highest BCUT2D eigenvalue weighted by Crippen LogP contribution is 2.20. The van der Waals surface area contributed by atoms with E-state index in [0.717, 1.165) is 11.3 Å². The molecular weight excluding hydrogens is 320 g/mol. The van der Waals surface area contributed by atoms with Crippen LogP contribution in [0.1, 0.15) is 40.0 Å². The fourth-order valence-electron chi connectivity index (χ4n) is 2.00. The monoisotopic (exact) mass is 338 g/mol. The Kier molecular flexibility index (Phi) is 5.00. The van der Waals surface area contributed by atoms with E-state index >= 15 is 0 Å². The van der Waals surface area contributed by atoms with Gasteiger partial charge in [-0.2, -0.15) is 0 Å². The number of hydrogen-bond acceptors (Lipinski definition) is 4. The first-order chi connectivity index (χ1) is 10.3. The molecule has 1 atom stereocenters. The maximum atomic E-state index is 12.2. The topological polar surface area (TPSA) is 89.3 Å². The molecular formula is C15H18N2O3S2. The zero-order valence-electron chi connectivity index (χ0n) is 12.4. The Hall–Kier alpha value is -1.70.